The van der Waals surface area contributed by atoms with Crippen LogP contribution in [0.25, 0.3) is 0 Å². The standard InChI is InChI=1S/C9H17NO2/c1-3-9(2,12)7-10-6-4-5-8(10)11/h12H,3-7H2,1-2H3. The molecule has 1 rings (SSSR count). The third-order valence-corrected chi connectivity index (χ3v) is 2.46. The molecule has 1 N–H and O–H groups in total. The van der Waals surface area contributed by atoms with Crippen LogP contribution in [0.2, 0.25) is 0 Å². The molecule has 0 bridgehead atoms. The van der Waals surface area contributed by atoms with Gasteiger partial charge in [0.25, 0.3) is 0 Å². The van der Waals surface area contributed by atoms with Gasteiger partial charge < -0.3 is 10.0 Å². The zero-order chi connectivity index (χ0) is 9.19. The smallest absolute Gasteiger partial charge is 0.222 e. The maximum atomic E-state index is 11.2. The minimum atomic E-state index is -0.708. The number of hydrogen-bond acceptors (Lipinski definition) is 2. The van der Waals surface area contributed by atoms with Crippen LogP contribution in [0.3, 0.4) is 0 Å². The lowest BCUT2D eigenvalue weighted by Crippen LogP contribution is -2.40. The van der Waals surface area contributed by atoms with Gasteiger partial charge in [0, 0.05) is 19.5 Å². The van der Waals surface area contributed by atoms with E-state index in [9.17, 15) is 9.90 Å². The fourth-order valence-corrected chi connectivity index (χ4v) is 1.39. The van der Waals surface area contributed by atoms with Crippen molar-refractivity contribution in [1.29, 1.82) is 0 Å². The van der Waals surface area contributed by atoms with E-state index in [1.165, 1.54) is 0 Å². The Morgan fingerprint density at radius 3 is 2.75 bits per heavy atom. The fraction of sp³-hybridized carbons (Fsp3) is 0.889. The quantitative estimate of drug-likeness (QED) is 0.681. The molecule has 1 fully saturated rings. The molecule has 1 aliphatic rings. The zero-order valence-corrected chi connectivity index (χ0v) is 7.84. The summed E-state index contributed by atoms with van der Waals surface area (Å²) in [6.07, 6.45) is 2.29. The van der Waals surface area contributed by atoms with Crippen molar-refractivity contribution in [3.63, 3.8) is 0 Å². The Morgan fingerprint density at radius 1 is 1.67 bits per heavy atom. The summed E-state index contributed by atoms with van der Waals surface area (Å²) in [7, 11) is 0. The molecule has 0 radical (unpaired) electrons. The van der Waals surface area contributed by atoms with Crippen LogP contribution < -0.4 is 0 Å². The average molecular weight is 171 g/mol. The van der Waals surface area contributed by atoms with Crippen molar-refractivity contribution in [3.05, 3.63) is 0 Å². The highest BCUT2D eigenvalue weighted by Gasteiger charge is 2.27. The Hall–Kier alpha value is -0.570. The highest BCUT2D eigenvalue weighted by atomic mass is 16.3. The number of nitrogens with zero attached hydrogens (tertiary/aromatic N) is 1. The Labute approximate surface area is 73.4 Å². The molecule has 0 aromatic carbocycles. The van der Waals surface area contributed by atoms with Gasteiger partial charge in [-0.05, 0) is 19.8 Å². The lowest BCUT2D eigenvalue weighted by atomic mass is 10.0. The van der Waals surface area contributed by atoms with Gasteiger partial charge in [-0.15, -0.1) is 0 Å². The van der Waals surface area contributed by atoms with Crippen LogP contribution in [0, 0.1) is 0 Å². The average Bonchev–Trinajstić information content (AvgIpc) is 2.36. The summed E-state index contributed by atoms with van der Waals surface area (Å²) in [5.41, 5.74) is -0.708. The first-order valence-corrected chi connectivity index (χ1v) is 4.55. The lowest BCUT2D eigenvalue weighted by molar-refractivity contribution is -0.130. The largest absolute Gasteiger partial charge is 0.388 e. The number of rotatable bonds is 3. The summed E-state index contributed by atoms with van der Waals surface area (Å²) < 4.78 is 0. The van der Waals surface area contributed by atoms with E-state index in [0.29, 0.717) is 19.4 Å². The summed E-state index contributed by atoms with van der Waals surface area (Å²) in [4.78, 5) is 12.9. The Balaban J connectivity index is 2.45. The van der Waals surface area contributed by atoms with E-state index in [-0.39, 0.29) is 5.91 Å². The molecule has 0 aromatic rings. The molecule has 1 saturated heterocycles. The number of carbonyl (C=O) groups excluding carboxylic acids is 1. The van der Waals surface area contributed by atoms with E-state index in [4.69, 9.17) is 0 Å². The van der Waals surface area contributed by atoms with Gasteiger partial charge >= 0.3 is 0 Å². The maximum absolute atomic E-state index is 11.2. The van der Waals surface area contributed by atoms with Gasteiger partial charge in [-0.25, -0.2) is 0 Å². The van der Waals surface area contributed by atoms with Crippen molar-refractivity contribution in [3.8, 4) is 0 Å². The molecule has 0 saturated carbocycles. The molecule has 3 nitrogen and oxygen atoms in total. The zero-order valence-electron chi connectivity index (χ0n) is 7.84. The molecule has 12 heavy (non-hydrogen) atoms. The van der Waals surface area contributed by atoms with E-state index >= 15 is 0 Å². The highest BCUT2D eigenvalue weighted by molar-refractivity contribution is 5.78. The number of likely N-dealkylation sites (tertiary alicyclic amines) is 1. The van der Waals surface area contributed by atoms with Crippen molar-refractivity contribution in [2.75, 3.05) is 13.1 Å². The number of carbonyl (C=O) groups is 1. The second-order valence-corrected chi connectivity index (χ2v) is 3.77. The van der Waals surface area contributed by atoms with Gasteiger partial charge in [0.1, 0.15) is 0 Å². The monoisotopic (exact) mass is 171 g/mol. The van der Waals surface area contributed by atoms with Crippen LogP contribution >= 0.6 is 0 Å². The topological polar surface area (TPSA) is 40.5 Å². The molecule has 1 atom stereocenters. The molecule has 0 aliphatic carbocycles. The van der Waals surface area contributed by atoms with Gasteiger partial charge in [0.15, 0.2) is 0 Å². The summed E-state index contributed by atoms with van der Waals surface area (Å²) in [5.74, 6) is 0.184. The second kappa shape index (κ2) is 3.44. The van der Waals surface area contributed by atoms with E-state index in [2.05, 4.69) is 0 Å². The Morgan fingerprint density at radius 2 is 2.33 bits per heavy atom. The summed E-state index contributed by atoms with van der Waals surface area (Å²) in [6.45, 7) is 5.01. The molecule has 0 aromatic heterocycles. The molecule has 1 aliphatic heterocycles. The first kappa shape index (κ1) is 9.52. The van der Waals surface area contributed by atoms with Crippen molar-refractivity contribution in [1.82, 2.24) is 4.90 Å². The van der Waals surface area contributed by atoms with Gasteiger partial charge in [-0.3, -0.25) is 4.79 Å². The summed E-state index contributed by atoms with van der Waals surface area (Å²) >= 11 is 0. The van der Waals surface area contributed by atoms with Gasteiger partial charge in [0.05, 0.1) is 5.60 Å². The van der Waals surface area contributed by atoms with Crippen molar-refractivity contribution in [2.24, 2.45) is 0 Å². The molecule has 1 heterocycles. The Kier molecular flexibility index (Phi) is 2.73. The van der Waals surface area contributed by atoms with E-state index < -0.39 is 5.60 Å². The molecule has 1 unspecified atom stereocenters. The highest BCUT2D eigenvalue weighted by Crippen LogP contribution is 2.16. The third kappa shape index (κ3) is 2.21. The van der Waals surface area contributed by atoms with Gasteiger partial charge in [0.2, 0.25) is 5.91 Å². The Bertz CT molecular complexity index is 177. The van der Waals surface area contributed by atoms with Crippen LogP contribution in [0.4, 0.5) is 0 Å². The van der Waals surface area contributed by atoms with E-state index in [0.717, 1.165) is 13.0 Å². The van der Waals surface area contributed by atoms with Gasteiger partial charge in [-0.2, -0.15) is 0 Å². The van der Waals surface area contributed by atoms with Crippen LogP contribution in [-0.2, 0) is 4.79 Å². The maximum Gasteiger partial charge on any atom is 0.222 e. The normalized spacial score (nSPS) is 22.9. The number of amides is 1. The number of β-amino-alcohol motifs (C(OH)–C–C–N with tert-alkyl or cyclic N) is 1. The molecular formula is C9H17NO2. The van der Waals surface area contributed by atoms with Crippen molar-refractivity contribution >= 4 is 5.91 Å². The SMILES string of the molecule is CCC(C)(O)CN1CCCC1=O. The number of aliphatic hydroxyl groups is 1. The molecule has 70 valence electrons. The minimum Gasteiger partial charge on any atom is -0.388 e. The van der Waals surface area contributed by atoms with Crippen molar-refractivity contribution < 1.29 is 9.90 Å². The molecule has 1 amide bonds. The predicted octanol–water partition coefficient (Wildman–Crippen LogP) is 0.770. The fourth-order valence-electron chi connectivity index (χ4n) is 1.39. The van der Waals surface area contributed by atoms with Crippen LogP contribution in [0.1, 0.15) is 33.1 Å². The first-order valence-electron chi connectivity index (χ1n) is 4.55. The molecular weight excluding hydrogens is 154 g/mol. The second-order valence-electron chi connectivity index (χ2n) is 3.77. The molecule has 3 heteroatoms. The van der Waals surface area contributed by atoms with Crippen LogP contribution in [0.5, 0.6) is 0 Å². The third-order valence-electron chi connectivity index (χ3n) is 2.46. The molecule has 0 spiro atoms. The lowest BCUT2D eigenvalue weighted by Gasteiger charge is -2.27. The number of hydrogen-bond donors (Lipinski definition) is 1. The minimum absolute atomic E-state index is 0.184. The predicted molar refractivity (Wildman–Crippen MR) is 46.7 cm³/mol. The van der Waals surface area contributed by atoms with Crippen LogP contribution in [-0.4, -0.2) is 34.6 Å². The van der Waals surface area contributed by atoms with Crippen molar-refractivity contribution in [2.45, 2.75) is 38.7 Å². The van der Waals surface area contributed by atoms with Gasteiger partial charge in [-0.1, -0.05) is 6.92 Å². The summed E-state index contributed by atoms with van der Waals surface area (Å²) in [6, 6.07) is 0. The first-order chi connectivity index (χ1) is 5.55. The van der Waals surface area contributed by atoms with E-state index in [1.807, 2.05) is 6.92 Å². The van der Waals surface area contributed by atoms with Crippen LogP contribution in [0.15, 0.2) is 0 Å². The summed E-state index contributed by atoms with van der Waals surface area (Å²) in [5, 5.41) is 9.71. The van der Waals surface area contributed by atoms with E-state index in [1.54, 1.807) is 11.8 Å².